The number of carbonyl (C=O) groups is 2. The van der Waals surface area contributed by atoms with E-state index in [0.29, 0.717) is 11.8 Å². The largest absolute Gasteiger partial charge is 0.368 e. The Morgan fingerprint density at radius 1 is 1.23 bits per heavy atom. The van der Waals surface area contributed by atoms with E-state index < -0.39 is 11.9 Å². The van der Waals surface area contributed by atoms with Crippen LogP contribution in [0, 0.1) is 0 Å². The molecule has 0 radical (unpaired) electrons. The average molecular weight is 450 g/mol. The monoisotopic (exact) mass is 449 g/mol. The molecule has 0 spiro atoms. The highest BCUT2D eigenvalue weighted by Gasteiger charge is 2.28. The van der Waals surface area contributed by atoms with Crippen molar-refractivity contribution in [2.24, 2.45) is 10.7 Å². The fourth-order valence-corrected chi connectivity index (χ4v) is 5.76. The number of nitrogens with zero attached hydrogens (tertiary/aromatic N) is 2. The molecule has 0 saturated carbocycles. The van der Waals surface area contributed by atoms with Gasteiger partial charge in [-0.1, -0.05) is 30.3 Å². The van der Waals surface area contributed by atoms with Gasteiger partial charge in [0.05, 0.1) is 6.04 Å². The molecular weight excluding hydrogens is 418 g/mol. The molecular formula is C21H31N5O2S2. The minimum absolute atomic E-state index is 0.218. The van der Waals surface area contributed by atoms with Gasteiger partial charge in [-0.15, -0.1) is 0 Å². The van der Waals surface area contributed by atoms with Crippen LogP contribution in [0.2, 0.25) is 0 Å². The first kappa shape index (κ1) is 22.8. The molecule has 1 fully saturated rings. The van der Waals surface area contributed by atoms with Crippen LogP contribution >= 0.6 is 23.5 Å². The van der Waals surface area contributed by atoms with Crippen LogP contribution in [-0.4, -0.2) is 71.1 Å². The lowest BCUT2D eigenvalue weighted by Crippen LogP contribution is -2.56. The lowest BCUT2D eigenvalue weighted by Gasteiger charge is -2.39. The van der Waals surface area contributed by atoms with Crippen molar-refractivity contribution >= 4 is 41.3 Å². The molecule has 1 aromatic rings. The number of fused-ring (bicyclic) bond motifs is 1. The van der Waals surface area contributed by atoms with Crippen molar-refractivity contribution in [2.75, 3.05) is 30.3 Å². The van der Waals surface area contributed by atoms with E-state index in [4.69, 9.17) is 10.7 Å². The highest BCUT2D eigenvalue weighted by Crippen LogP contribution is 2.21. The maximum atomic E-state index is 11.5. The molecule has 2 aliphatic heterocycles. The fraction of sp³-hybridized carbons (Fsp3) is 0.571. The molecule has 7 nitrogen and oxygen atoms in total. The van der Waals surface area contributed by atoms with Crippen LogP contribution in [0.25, 0.3) is 0 Å². The Morgan fingerprint density at radius 3 is 2.73 bits per heavy atom. The van der Waals surface area contributed by atoms with E-state index in [9.17, 15) is 9.59 Å². The smallest absolute Gasteiger partial charge is 0.240 e. The molecule has 0 aliphatic carbocycles. The summed E-state index contributed by atoms with van der Waals surface area (Å²) in [5.41, 5.74) is 6.73. The van der Waals surface area contributed by atoms with Gasteiger partial charge >= 0.3 is 0 Å². The van der Waals surface area contributed by atoms with Crippen LogP contribution in [0.1, 0.15) is 25.3 Å². The Hall–Kier alpha value is -1.87. The SMILES string of the molecule is CC(=O)N[C@@H](CSC[C@H]1CCN2CC[C@H](CSCc3ccccc3)NC2=N1)C(N)=O. The predicted molar refractivity (Wildman–Crippen MR) is 126 cm³/mol. The highest BCUT2D eigenvalue weighted by atomic mass is 32.2. The third kappa shape index (κ3) is 7.12. The lowest BCUT2D eigenvalue weighted by atomic mass is 10.1. The van der Waals surface area contributed by atoms with Crippen LogP contribution < -0.4 is 16.4 Å². The molecule has 9 heteroatoms. The predicted octanol–water partition coefficient (Wildman–Crippen LogP) is 1.44. The average Bonchev–Trinajstić information content (AvgIpc) is 2.73. The third-order valence-corrected chi connectivity index (χ3v) is 7.53. The highest BCUT2D eigenvalue weighted by molar-refractivity contribution is 7.99. The van der Waals surface area contributed by atoms with Gasteiger partial charge in [0.25, 0.3) is 0 Å². The van der Waals surface area contributed by atoms with Crippen LogP contribution in [0.4, 0.5) is 0 Å². The van der Waals surface area contributed by atoms with E-state index in [1.54, 1.807) is 11.8 Å². The number of hydrogen-bond acceptors (Lipinski definition) is 7. The van der Waals surface area contributed by atoms with Crippen LogP contribution in [0.15, 0.2) is 35.3 Å². The number of thioether (sulfide) groups is 2. The normalized spacial score (nSPS) is 21.8. The van der Waals surface area contributed by atoms with Crippen molar-refractivity contribution in [1.82, 2.24) is 15.5 Å². The second-order valence-corrected chi connectivity index (χ2v) is 9.81. The molecule has 0 unspecified atom stereocenters. The first-order valence-electron chi connectivity index (χ1n) is 10.4. The van der Waals surface area contributed by atoms with Crippen molar-refractivity contribution in [3.05, 3.63) is 35.9 Å². The number of nitrogens with one attached hydrogen (secondary N) is 2. The molecule has 2 heterocycles. The van der Waals surface area contributed by atoms with Crippen LogP contribution in [-0.2, 0) is 15.3 Å². The minimum atomic E-state index is -0.626. The number of aliphatic imine (C=N–C) groups is 1. The number of hydrogen-bond donors (Lipinski definition) is 3. The van der Waals surface area contributed by atoms with Gasteiger partial charge in [0.2, 0.25) is 11.8 Å². The summed E-state index contributed by atoms with van der Waals surface area (Å²) in [5, 5.41) is 6.24. The van der Waals surface area contributed by atoms with E-state index in [-0.39, 0.29) is 11.9 Å². The van der Waals surface area contributed by atoms with Crippen LogP contribution in [0.5, 0.6) is 0 Å². The Kier molecular flexibility index (Phi) is 8.74. The Bertz CT molecular complexity index is 746. The Balaban J connectivity index is 1.43. The van der Waals surface area contributed by atoms with Crippen LogP contribution in [0.3, 0.4) is 0 Å². The zero-order valence-electron chi connectivity index (χ0n) is 17.4. The number of rotatable bonds is 10. The molecule has 3 rings (SSSR count). The standard InChI is InChI=1S/C21H31N5O2S2/c1-15(27)23-19(20(22)28)14-30-13-18-8-10-26-9-7-17(24-21(26)25-18)12-29-11-16-5-3-2-4-6-16/h2-6,17-19H,7-14H2,1H3,(H2,22,28)(H,23,27)(H,24,25)/t17-,18-,19+/m1/s1. The number of benzene rings is 1. The molecule has 0 bridgehead atoms. The summed E-state index contributed by atoms with van der Waals surface area (Å²) in [6, 6.07) is 10.6. The number of nitrogens with two attached hydrogens (primary N) is 1. The van der Waals surface area contributed by atoms with Gasteiger partial charge in [-0.05, 0) is 18.4 Å². The first-order chi connectivity index (χ1) is 14.5. The maximum Gasteiger partial charge on any atom is 0.240 e. The molecule has 2 aliphatic rings. The van der Waals surface area contributed by atoms with E-state index in [0.717, 1.165) is 49.1 Å². The van der Waals surface area contributed by atoms with Gasteiger partial charge in [0.15, 0.2) is 5.96 Å². The Labute approximate surface area is 187 Å². The first-order valence-corrected chi connectivity index (χ1v) is 12.7. The number of carbonyl (C=O) groups excluding carboxylic acids is 2. The summed E-state index contributed by atoms with van der Waals surface area (Å²) in [6.07, 6.45) is 2.14. The van der Waals surface area contributed by atoms with Crippen molar-refractivity contribution < 1.29 is 9.59 Å². The summed E-state index contributed by atoms with van der Waals surface area (Å²) in [6.45, 7) is 3.45. The molecule has 2 amide bonds. The van der Waals surface area contributed by atoms with Gasteiger partial charge in [-0.3, -0.25) is 9.59 Å². The van der Waals surface area contributed by atoms with Gasteiger partial charge in [-0.25, -0.2) is 4.99 Å². The van der Waals surface area contributed by atoms with E-state index in [2.05, 4.69) is 45.9 Å². The van der Waals surface area contributed by atoms with E-state index in [1.165, 1.54) is 12.5 Å². The van der Waals surface area contributed by atoms with E-state index >= 15 is 0 Å². The quantitative estimate of drug-likeness (QED) is 0.500. The van der Waals surface area contributed by atoms with Gasteiger partial charge in [0, 0.05) is 49.1 Å². The summed E-state index contributed by atoms with van der Waals surface area (Å²) in [4.78, 5) is 29.9. The topological polar surface area (TPSA) is 99.8 Å². The summed E-state index contributed by atoms with van der Waals surface area (Å²) >= 11 is 3.58. The molecule has 0 aromatic heterocycles. The van der Waals surface area contributed by atoms with Crippen molar-refractivity contribution in [3.8, 4) is 0 Å². The molecule has 30 heavy (non-hydrogen) atoms. The third-order valence-electron chi connectivity index (χ3n) is 5.16. The second-order valence-electron chi connectivity index (χ2n) is 7.71. The molecule has 1 saturated heterocycles. The van der Waals surface area contributed by atoms with E-state index in [1.807, 2.05) is 11.8 Å². The van der Waals surface area contributed by atoms with Crippen molar-refractivity contribution in [1.29, 1.82) is 0 Å². The molecule has 1 aromatic carbocycles. The molecule has 4 N–H and O–H groups in total. The summed E-state index contributed by atoms with van der Waals surface area (Å²) in [5.74, 6) is 3.67. The zero-order chi connectivity index (χ0) is 21.3. The summed E-state index contributed by atoms with van der Waals surface area (Å²) < 4.78 is 0. The van der Waals surface area contributed by atoms with Crippen molar-refractivity contribution in [2.45, 2.75) is 43.6 Å². The summed E-state index contributed by atoms with van der Waals surface area (Å²) in [7, 11) is 0. The molecule has 164 valence electrons. The number of amides is 2. The van der Waals surface area contributed by atoms with Gasteiger partial charge < -0.3 is 21.3 Å². The fourth-order valence-electron chi connectivity index (χ4n) is 3.54. The van der Waals surface area contributed by atoms with Gasteiger partial charge in [0.1, 0.15) is 6.04 Å². The van der Waals surface area contributed by atoms with Crippen molar-refractivity contribution in [3.63, 3.8) is 0 Å². The maximum absolute atomic E-state index is 11.5. The number of primary amides is 1. The zero-order valence-corrected chi connectivity index (χ0v) is 19.0. The number of guanidine groups is 1. The van der Waals surface area contributed by atoms with Gasteiger partial charge in [-0.2, -0.15) is 23.5 Å². The Morgan fingerprint density at radius 2 is 2.00 bits per heavy atom. The minimum Gasteiger partial charge on any atom is -0.368 e. The second kappa shape index (κ2) is 11.5. The lowest BCUT2D eigenvalue weighted by molar-refractivity contribution is -0.125. The molecule has 3 atom stereocenters.